The lowest BCUT2D eigenvalue weighted by atomic mass is 10.1. The number of fused-ring (bicyclic) bond motifs is 3. The van der Waals surface area contributed by atoms with Gasteiger partial charge in [-0.05, 0) is 48.7 Å². The summed E-state index contributed by atoms with van der Waals surface area (Å²) in [6.45, 7) is 4.22. The van der Waals surface area contributed by atoms with Crippen molar-refractivity contribution in [2.75, 3.05) is 6.61 Å². The Labute approximate surface area is 223 Å². The molecule has 0 atom stereocenters. The molecule has 0 amide bonds. The van der Waals surface area contributed by atoms with Crippen LogP contribution in [-0.2, 0) is 11.2 Å². The number of nitrogens with zero attached hydrogens (tertiary/aromatic N) is 1. The molecule has 0 fully saturated rings. The highest BCUT2D eigenvalue weighted by molar-refractivity contribution is 7.25. The quantitative estimate of drug-likeness (QED) is 0.127. The zero-order valence-electron chi connectivity index (χ0n) is 21.0. The molecule has 0 saturated heterocycles. The summed E-state index contributed by atoms with van der Waals surface area (Å²) >= 11 is 4.28. The van der Waals surface area contributed by atoms with Gasteiger partial charge in [-0.15, -0.1) is 34.0 Å². The molecule has 0 radical (unpaired) electrons. The minimum atomic E-state index is -0.497. The van der Waals surface area contributed by atoms with E-state index in [9.17, 15) is 14.4 Å². The molecule has 0 aromatic carbocycles. The summed E-state index contributed by atoms with van der Waals surface area (Å²) in [6.07, 6.45) is 12.0. The van der Waals surface area contributed by atoms with E-state index < -0.39 is 5.97 Å². The zero-order valence-corrected chi connectivity index (χ0v) is 23.4. The topological polar surface area (TPSA) is 65.4 Å². The van der Waals surface area contributed by atoms with Crippen molar-refractivity contribution in [2.45, 2.75) is 78.1 Å². The van der Waals surface area contributed by atoms with Crippen molar-refractivity contribution in [3.8, 4) is 5.00 Å². The maximum atomic E-state index is 13.6. The molecule has 4 aromatic heterocycles. The largest absolute Gasteiger partial charge is 0.462 e. The van der Waals surface area contributed by atoms with E-state index in [4.69, 9.17) is 4.74 Å². The van der Waals surface area contributed by atoms with Gasteiger partial charge in [0.05, 0.1) is 32.3 Å². The fraction of sp³-hybridized carbons (Fsp3) is 0.464. The van der Waals surface area contributed by atoms with E-state index in [2.05, 4.69) is 6.92 Å². The van der Waals surface area contributed by atoms with Crippen LogP contribution in [0.1, 0.15) is 86.9 Å². The Kier molecular flexibility index (Phi) is 9.51. The van der Waals surface area contributed by atoms with Crippen LogP contribution in [0.5, 0.6) is 0 Å². The van der Waals surface area contributed by atoms with Crippen molar-refractivity contribution in [3.63, 3.8) is 0 Å². The van der Waals surface area contributed by atoms with E-state index in [0.717, 1.165) is 33.5 Å². The molecule has 4 heterocycles. The first-order chi connectivity index (χ1) is 17.6. The SMILES string of the molecule is CCCCCCCCCCCc1cc(C(=O)OCC)c(-n2c(=O)c3ccsc3c3sccc3c2=O)s1. The molecule has 0 N–H and O–H groups in total. The molecular formula is C28H33NO4S3. The van der Waals surface area contributed by atoms with Crippen molar-refractivity contribution >= 4 is 60.2 Å². The van der Waals surface area contributed by atoms with Gasteiger partial charge in [-0.3, -0.25) is 9.59 Å². The summed E-state index contributed by atoms with van der Waals surface area (Å²) in [5, 5.41) is 5.11. The molecule has 4 rings (SSSR count). The Morgan fingerprint density at radius 2 is 1.39 bits per heavy atom. The third-order valence-electron chi connectivity index (χ3n) is 6.39. The number of hydrogen-bond donors (Lipinski definition) is 0. The first-order valence-corrected chi connectivity index (χ1v) is 15.5. The van der Waals surface area contributed by atoms with Crippen LogP contribution in [-0.4, -0.2) is 17.1 Å². The number of rotatable bonds is 13. The zero-order chi connectivity index (χ0) is 25.5. The molecule has 4 aromatic rings. The molecule has 0 bridgehead atoms. The minimum absolute atomic E-state index is 0.229. The predicted molar refractivity (Wildman–Crippen MR) is 154 cm³/mol. The molecule has 0 unspecified atom stereocenters. The highest BCUT2D eigenvalue weighted by atomic mass is 32.1. The number of hydrogen-bond acceptors (Lipinski definition) is 7. The van der Waals surface area contributed by atoms with Crippen LogP contribution >= 0.6 is 34.0 Å². The van der Waals surface area contributed by atoms with Crippen LogP contribution in [0, 0.1) is 0 Å². The van der Waals surface area contributed by atoms with Gasteiger partial charge in [0.2, 0.25) is 0 Å². The monoisotopic (exact) mass is 543 g/mol. The summed E-state index contributed by atoms with van der Waals surface area (Å²) in [4.78, 5) is 41.1. The van der Waals surface area contributed by atoms with Crippen LogP contribution < -0.4 is 11.1 Å². The highest BCUT2D eigenvalue weighted by Gasteiger charge is 2.23. The standard InChI is InChI=1S/C28H33NO4S3/c1-3-5-6-7-8-9-10-11-12-13-19-18-22(28(32)33-4-2)27(36-19)29-25(30)20-14-16-34-23(20)24-21(26(29)31)15-17-35-24/h14-18H,3-13H2,1-2H3. The molecule has 0 aliphatic carbocycles. The van der Waals surface area contributed by atoms with E-state index in [1.54, 1.807) is 19.1 Å². The van der Waals surface area contributed by atoms with Crippen molar-refractivity contribution in [2.24, 2.45) is 0 Å². The molecule has 0 spiro atoms. The van der Waals surface area contributed by atoms with Crippen molar-refractivity contribution in [1.29, 1.82) is 0 Å². The molecule has 0 aliphatic heterocycles. The van der Waals surface area contributed by atoms with E-state index >= 15 is 0 Å². The second kappa shape index (κ2) is 12.8. The Bertz CT molecular complexity index is 1380. The van der Waals surface area contributed by atoms with Gasteiger partial charge in [-0.25, -0.2) is 9.36 Å². The molecule has 192 valence electrons. The van der Waals surface area contributed by atoms with Gasteiger partial charge < -0.3 is 4.74 Å². The third-order valence-corrected chi connectivity index (χ3v) is 9.57. The number of carbonyl (C=O) groups is 1. The van der Waals surface area contributed by atoms with Crippen LogP contribution in [0.25, 0.3) is 25.2 Å². The molecule has 8 heteroatoms. The second-order valence-corrected chi connectivity index (χ2v) is 12.0. The van der Waals surface area contributed by atoms with Crippen molar-refractivity contribution in [3.05, 3.63) is 60.1 Å². The molecule has 0 saturated carbocycles. The van der Waals surface area contributed by atoms with Crippen LogP contribution in [0.4, 0.5) is 0 Å². The summed E-state index contributed by atoms with van der Waals surface area (Å²) in [5.41, 5.74) is -0.478. The average molecular weight is 544 g/mol. The number of ether oxygens (including phenoxy) is 1. The predicted octanol–water partition coefficient (Wildman–Crippen LogP) is 7.94. The summed E-state index contributed by atoms with van der Waals surface area (Å²) in [5.74, 6) is -0.497. The number of carbonyl (C=O) groups excluding carboxylic acids is 1. The van der Waals surface area contributed by atoms with E-state index in [1.165, 1.54) is 83.5 Å². The summed E-state index contributed by atoms with van der Waals surface area (Å²) in [7, 11) is 0. The Morgan fingerprint density at radius 1 is 0.833 bits per heavy atom. The number of aromatic nitrogens is 1. The molecule has 5 nitrogen and oxygen atoms in total. The van der Waals surface area contributed by atoms with E-state index in [-0.39, 0.29) is 17.7 Å². The first kappa shape index (κ1) is 26.8. The minimum Gasteiger partial charge on any atom is -0.462 e. The number of esters is 1. The highest BCUT2D eigenvalue weighted by Crippen LogP contribution is 2.31. The molecule has 0 aliphatic rings. The van der Waals surface area contributed by atoms with Gasteiger partial charge in [-0.1, -0.05) is 58.3 Å². The molecular weight excluding hydrogens is 511 g/mol. The van der Waals surface area contributed by atoms with Crippen LogP contribution in [0.2, 0.25) is 0 Å². The van der Waals surface area contributed by atoms with E-state index in [1.807, 2.05) is 16.8 Å². The third kappa shape index (κ3) is 5.82. The van der Waals surface area contributed by atoms with Gasteiger partial charge in [0.1, 0.15) is 5.00 Å². The van der Waals surface area contributed by atoms with E-state index in [0.29, 0.717) is 21.3 Å². The normalized spacial score (nSPS) is 11.5. The Hall–Kier alpha value is -2.29. The van der Waals surface area contributed by atoms with Crippen LogP contribution in [0.3, 0.4) is 0 Å². The van der Waals surface area contributed by atoms with Crippen molar-refractivity contribution < 1.29 is 9.53 Å². The number of aryl methyl sites for hydroxylation is 1. The smallest absolute Gasteiger partial charge is 0.341 e. The Balaban J connectivity index is 1.62. The summed E-state index contributed by atoms with van der Waals surface area (Å²) < 4.78 is 8.12. The van der Waals surface area contributed by atoms with Gasteiger partial charge in [0.25, 0.3) is 11.1 Å². The van der Waals surface area contributed by atoms with Crippen LogP contribution in [0.15, 0.2) is 38.5 Å². The first-order valence-electron chi connectivity index (χ1n) is 12.9. The van der Waals surface area contributed by atoms with Gasteiger partial charge in [0, 0.05) is 4.88 Å². The fourth-order valence-corrected chi connectivity index (χ4v) is 7.66. The Morgan fingerprint density at radius 3 is 1.94 bits per heavy atom. The lowest BCUT2D eigenvalue weighted by Gasteiger charge is -2.04. The van der Waals surface area contributed by atoms with Gasteiger partial charge in [0.15, 0.2) is 0 Å². The maximum Gasteiger partial charge on any atom is 0.341 e. The second-order valence-electron chi connectivity index (χ2n) is 9.00. The van der Waals surface area contributed by atoms with Gasteiger partial charge in [-0.2, -0.15) is 0 Å². The van der Waals surface area contributed by atoms with Crippen molar-refractivity contribution in [1.82, 2.24) is 4.57 Å². The lowest BCUT2D eigenvalue weighted by molar-refractivity contribution is 0.0527. The fourth-order valence-electron chi connectivity index (χ4n) is 4.51. The number of unbranched alkanes of at least 4 members (excludes halogenated alkanes) is 8. The van der Waals surface area contributed by atoms with Gasteiger partial charge >= 0.3 is 5.97 Å². The number of thiophene rings is 3. The summed E-state index contributed by atoms with van der Waals surface area (Å²) in [6, 6.07) is 5.34. The lowest BCUT2D eigenvalue weighted by Crippen LogP contribution is -2.29. The maximum absolute atomic E-state index is 13.6. The molecule has 36 heavy (non-hydrogen) atoms. The average Bonchev–Trinajstić information content (AvgIpc) is 3.61.